The number of rotatable bonds is 6. The van der Waals surface area contributed by atoms with Crippen molar-refractivity contribution < 1.29 is 0 Å². The average Bonchev–Trinajstić information content (AvgIpc) is 2.57. The first-order valence-corrected chi connectivity index (χ1v) is 5.07. The molecule has 0 atom stereocenters. The summed E-state index contributed by atoms with van der Waals surface area (Å²) in [6.07, 6.45) is 11.0. The highest BCUT2D eigenvalue weighted by Gasteiger charge is 2.01. The predicted molar refractivity (Wildman–Crippen MR) is 52.6 cm³/mol. The average molecular weight is 168 g/mol. The lowest BCUT2D eigenvalue weighted by atomic mass is 10.1. The van der Waals surface area contributed by atoms with E-state index in [0.29, 0.717) is 0 Å². The van der Waals surface area contributed by atoms with E-state index in [9.17, 15) is 0 Å². The number of nitrogens with one attached hydrogen (secondary N) is 1. The molecule has 1 N–H and O–H groups in total. The van der Waals surface area contributed by atoms with Gasteiger partial charge in [0.1, 0.15) is 0 Å². The Balaban J connectivity index is 1.85. The molecule has 12 heavy (non-hydrogen) atoms. The van der Waals surface area contributed by atoms with Gasteiger partial charge in [-0.25, -0.2) is 0 Å². The van der Waals surface area contributed by atoms with Crippen LogP contribution in [0.2, 0.25) is 0 Å². The van der Waals surface area contributed by atoms with Crippen molar-refractivity contribution in [2.75, 3.05) is 13.2 Å². The monoisotopic (exact) mass is 168 g/mol. The van der Waals surface area contributed by atoms with E-state index in [1.165, 1.54) is 38.6 Å². The Morgan fingerprint density at radius 1 is 1.25 bits per heavy atom. The lowest BCUT2D eigenvalue weighted by Crippen LogP contribution is -2.21. The van der Waals surface area contributed by atoms with Crippen LogP contribution in [0.1, 0.15) is 39.0 Å². The highest BCUT2D eigenvalue weighted by Crippen LogP contribution is 2.04. The van der Waals surface area contributed by atoms with E-state index in [0.717, 1.165) is 6.67 Å². The van der Waals surface area contributed by atoms with Gasteiger partial charge in [0.25, 0.3) is 0 Å². The van der Waals surface area contributed by atoms with E-state index >= 15 is 0 Å². The van der Waals surface area contributed by atoms with Gasteiger partial charge in [-0.05, 0) is 6.42 Å². The highest BCUT2D eigenvalue weighted by atomic mass is 15.2. The second kappa shape index (κ2) is 5.92. The lowest BCUT2D eigenvalue weighted by molar-refractivity contribution is 0.376. The van der Waals surface area contributed by atoms with Crippen molar-refractivity contribution in [3.63, 3.8) is 0 Å². The summed E-state index contributed by atoms with van der Waals surface area (Å²) in [5.41, 5.74) is 0. The smallest absolute Gasteiger partial charge is 0.0867 e. The van der Waals surface area contributed by atoms with E-state index in [-0.39, 0.29) is 0 Å². The van der Waals surface area contributed by atoms with Crippen LogP contribution in [0.25, 0.3) is 0 Å². The highest BCUT2D eigenvalue weighted by molar-refractivity contribution is 4.86. The summed E-state index contributed by atoms with van der Waals surface area (Å²) in [7, 11) is 0. The van der Waals surface area contributed by atoms with Gasteiger partial charge < -0.3 is 10.2 Å². The molecule has 0 aliphatic carbocycles. The molecule has 0 radical (unpaired) electrons. The maximum absolute atomic E-state index is 3.17. The first-order valence-electron chi connectivity index (χ1n) is 5.07. The zero-order valence-corrected chi connectivity index (χ0v) is 8.05. The van der Waals surface area contributed by atoms with Gasteiger partial charge >= 0.3 is 0 Å². The van der Waals surface area contributed by atoms with Gasteiger partial charge in [-0.1, -0.05) is 32.6 Å². The van der Waals surface area contributed by atoms with Gasteiger partial charge in [0, 0.05) is 18.9 Å². The third-order valence-corrected chi connectivity index (χ3v) is 2.25. The summed E-state index contributed by atoms with van der Waals surface area (Å²) < 4.78 is 0. The molecule has 2 heteroatoms. The van der Waals surface area contributed by atoms with Gasteiger partial charge in [0.15, 0.2) is 0 Å². The number of hydrogen-bond acceptors (Lipinski definition) is 2. The maximum atomic E-state index is 3.17. The lowest BCUT2D eigenvalue weighted by Gasteiger charge is -2.13. The van der Waals surface area contributed by atoms with Crippen LogP contribution < -0.4 is 5.32 Å². The van der Waals surface area contributed by atoms with E-state index in [1.807, 2.05) is 6.20 Å². The zero-order valence-electron chi connectivity index (χ0n) is 8.05. The zero-order chi connectivity index (χ0) is 8.65. The minimum atomic E-state index is 1.01. The molecule has 0 aromatic carbocycles. The van der Waals surface area contributed by atoms with Crippen molar-refractivity contribution in [2.45, 2.75) is 39.0 Å². The minimum absolute atomic E-state index is 1.01. The second-order valence-electron chi connectivity index (χ2n) is 3.40. The maximum Gasteiger partial charge on any atom is 0.0867 e. The number of unbranched alkanes of at least 4 members (excludes halogenated alkanes) is 4. The van der Waals surface area contributed by atoms with E-state index in [1.54, 1.807) is 0 Å². The largest absolute Gasteiger partial charge is 0.373 e. The molecule has 0 unspecified atom stereocenters. The molecule has 0 saturated heterocycles. The molecule has 0 aromatic heterocycles. The number of hydrogen-bond donors (Lipinski definition) is 1. The molecule has 2 nitrogen and oxygen atoms in total. The quantitative estimate of drug-likeness (QED) is 0.612. The molecular weight excluding hydrogens is 148 g/mol. The molecular formula is C10H20N2. The van der Waals surface area contributed by atoms with Crippen LogP contribution in [-0.4, -0.2) is 18.1 Å². The first kappa shape index (κ1) is 9.43. The molecule has 0 spiro atoms. The third-order valence-electron chi connectivity index (χ3n) is 2.25. The van der Waals surface area contributed by atoms with Crippen LogP contribution in [0, 0.1) is 0 Å². The van der Waals surface area contributed by atoms with E-state index in [4.69, 9.17) is 0 Å². The molecule has 1 aliphatic rings. The molecule has 0 aromatic rings. The molecule has 0 fully saturated rings. The fraction of sp³-hybridized carbons (Fsp3) is 0.800. The Morgan fingerprint density at radius 3 is 2.75 bits per heavy atom. The Morgan fingerprint density at radius 2 is 2.08 bits per heavy atom. The molecule has 1 aliphatic heterocycles. The van der Waals surface area contributed by atoms with Crippen molar-refractivity contribution >= 4 is 0 Å². The normalized spacial score (nSPS) is 15.2. The van der Waals surface area contributed by atoms with Crippen LogP contribution in [0.3, 0.4) is 0 Å². The van der Waals surface area contributed by atoms with Gasteiger partial charge in [0.05, 0.1) is 6.67 Å². The first-order chi connectivity index (χ1) is 5.93. The summed E-state index contributed by atoms with van der Waals surface area (Å²) in [5, 5.41) is 3.17. The van der Waals surface area contributed by atoms with Gasteiger partial charge in [-0.2, -0.15) is 0 Å². The molecule has 1 rings (SSSR count). The minimum Gasteiger partial charge on any atom is -0.373 e. The second-order valence-corrected chi connectivity index (χ2v) is 3.40. The Bertz CT molecular complexity index is 132. The summed E-state index contributed by atoms with van der Waals surface area (Å²) in [5.74, 6) is 0. The van der Waals surface area contributed by atoms with Crippen LogP contribution in [-0.2, 0) is 0 Å². The van der Waals surface area contributed by atoms with Crippen LogP contribution >= 0.6 is 0 Å². The van der Waals surface area contributed by atoms with Crippen LogP contribution in [0.4, 0.5) is 0 Å². The van der Waals surface area contributed by atoms with Crippen molar-refractivity contribution in [1.29, 1.82) is 0 Å². The Labute approximate surface area is 75.6 Å². The fourth-order valence-corrected chi connectivity index (χ4v) is 1.45. The van der Waals surface area contributed by atoms with Crippen molar-refractivity contribution in [2.24, 2.45) is 0 Å². The van der Waals surface area contributed by atoms with Crippen molar-refractivity contribution in [3.05, 3.63) is 12.4 Å². The van der Waals surface area contributed by atoms with Gasteiger partial charge in [-0.15, -0.1) is 0 Å². The summed E-state index contributed by atoms with van der Waals surface area (Å²) in [4.78, 5) is 2.33. The molecule has 70 valence electrons. The predicted octanol–water partition coefficient (Wildman–Crippen LogP) is 2.29. The molecule has 0 saturated carbocycles. The molecule has 0 amide bonds. The van der Waals surface area contributed by atoms with Crippen molar-refractivity contribution in [1.82, 2.24) is 10.2 Å². The molecule has 1 heterocycles. The van der Waals surface area contributed by atoms with Crippen LogP contribution in [0.5, 0.6) is 0 Å². The summed E-state index contributed by atoms with van der Waals surface area (Å²) >= 11 is 0. The SMILES string of the molecule is CCCCCCCN1C=CNC1. The summed E-state index contributed by atoms with van der Waals surface area (Å²) in [6, 6.07) is 0. The third kappa shape index (κ3) is 3.65. The topological polar surface area (TPSA) is 15.3 Å². The number of nitrogens with zero attached hydrogens (tertiary/aromatic N) is 1. The van der Waals surface area contributed by atoms with Gasteiger partial charge in [0.2, 0.25) is 0 Å². The van der Waals surface area contributed by atoms with E-state index in [2.05, 4.69) is 23.3 Å². The van der Waals surface area contributed by atoms with Crippen molar-refractivity contribution in [3.8, 4) is 0 Å². The van der Waals surface area contributed by atoms with Crippen LogP contribution in [0.15, 0.2) is 12.4 Å². The summed E-state index contributed by atoms with van der Waals surface area (Å²) in [6.45, 7) is 4.48. The Hall–Kier alpha value is -0.660. The Kier molecular flexibility index (Phi) is 4.65. The fourth-order valence-electron chi connectivity index (χ4n) is 1.45. The molecule has 0 bridgehead atoms. The standard InChI is InChI=1S/C10H20N2/c1-2-3-4-5-6-8-12-9-7-11-10-12/h7,9,11H,2-6,8,10H2,1H3. The van der Waals surface area contributed by atoms with E-state index < -0.39 is 0 Å². The van der Waals surface area contributed by atoms with Gasteiger partial charge in [-0.3, -0.25) is 0 Å².